The molecule has 0 amide bonds. The van der Waals surface area contributed by atoms with Crippen molar-refractivity contribution in [3.8, 4) is 0 Å². The summed E-state index contributed by atoms with van der Waals surface area (Å²) in [6.45, 7) is 4.02. The van der Waals surface area contributed by atoms with Crippen molar-refractivity contribution in [2.45, 2.75) is 19.4 Å². The van der Waals surface area contributed by atoms with Gasteiger partial charge in [-0.2, -0.15) is 0 Å². The fourth-order valence-corrected chi connectivity index (χ4v) is 2.20. The molecule has 4 N–H and O–H groups in total. The molecule has 0 fully saturated rings. The Kier molecular flexibility index (Phi) is 3.23. The van der Waals surface area contributed by atoms with E-state index in [-0.39, 0.29) is 0 Å². The van der Waals surface area contributed by atoms with Gasteiger partial charge in [0.2, 0.25) is 0 Å². The molecule has 0 aromatic heterocycles. The summed E-state index contributed by atoms with van der Waals surface area (Å²) in [4.78, 5) is 2.45. The van der Waals surface area contributed by atoms with Crippen LogP contribution in [0.5, 0.6) is 0 Å². The number of fused-ring (bicyclic) bond motifs is 1. The maximum atomic E-state index is 5.95. The zero-order valence-electron chi connectivity index (χ0n) is 9.08. The van der Waals surface area contributed by atoms with E-state index in [1.165, 1.54) is 11.1 Å². The fraction of sp³-hybridized carbons (Fsp3) is 0.500. The molecule has 1 heterocycles. The van der Waals surface area contributed by atoms with Crippen LogP contribution in [0, 0.1) is 0 Å². The van der Waals surface area contributed by atoms with Crippen molar-refractivity contribution in [2.24, 2.45) is 5.73 Å². The molecule has 3 heteroatoms. The van der Waals surface area contributed by atoms with E-state index in [1.54, 1.807) is 0 Å². The molecule has 0 saturated carbocycles. The zero-order chi connectivity index (χ0) is 10.7. The van der Waals surface area contributed by atoms with E-state index < -0.39 is 0 Å². The van der Waals surface area contributed by atoms with Gasteiger partial charge in [0, 0.05) is 18.8 Å². The van der Waals surface area contributed by atoms with E-state index in [4.69, 9.17) is 11.5 Å². The summed E-state index contributed by atoms with van der Waals surface area (Å²) in [5.74, 6) is 0. The quantitative estimate of drug-likeness (QED) is 0.723. The minimum Gasteiger partial charge on any atom is -0.398 e. The van der Waals surface area contributed by atoms with Crippen molar-refractivity contribution in [2.75, 3.05) is 25.4 Å². The number of benzene rings is 1. The molecule has 0 spiro atoms. The third kappa shape index (κ3) is 2.30. The van der Waals surface area contributed by atoms with E-state index in [1.807, 2.05) is 12.1 Å². The summed E-state index contributed by atoms with van der Waals surface area (Å²) in [7, 11) is 0. The third-order valence-electron chi connectivity index (χ3n) is 3.06. The molecule has 1 aromatic carbocycles. The predicted octanol–water partition coefficient (Wildman–Crippen LogP) is 0.976. The minimum absolute atomic E-state index is 0.778. The molecule has 0 atom stereocenters. The number of hydrogen-bond donors (Lipinski definition) is 2. The van der Waals surface area contributed by atoms with Gasteiger partial charge < -0.3 is 11.5 Å². The van der Waals surface area contributed by atoms with Crippen molar-refractivity contribution >= 4 is 5.69 Å². The average molecular weight is 205 g/mol. The molecule has 0 radical (unpaired) electrons. The highest BCUT2D eigenvalue weighted by Gasteiger charge is 2.16. The van der Waals surface area contributed by atoms with Crippen LogP contribution < -0.4 is 11.5 Å². The molecule has 3 nitrogen and oxygen atoms in total. The predicted molar refractivity (Wildman–Crippen MR) is 63.5 cm³/mol. The fourth-order valence-electron chi connectivity index (χ4n) is 2.20. The van der Waals surface area contributed by atoms with Gasteiger partial charge in [-0.05, 0) is 43.1 Å². The Balaban J connectivity index is 2.07. The molecule has 1 aliphatic heterocycles. The monoisotopic (exact) mass is 205 g/mol. The van der Waals surface area contributed by atoms with Crippen LogP contribution >= 0.6 is 0 Å². The van der Waals surface area contributed by atoms with Crippen molar-refractivity contribution in [3.05, 3.63) is 29.3 Å². The van der Waals surface area contributed by atoms with Gasteiger partial charge in [0.25, 0.3) is 0 Å². The lowest BCUT2D eigenvalue weighted by molar-refractivity contribution is 0.253. The molecule has 15 heavy (non-hydrogen) atoms. The third-order valence-corrected chi connectivity index (χ3v) is 3.06. The van der Waals surface area contributed by atoms with Crippen LogP contribution in [0.25, 0.3) is 0 Å². The Bertz CT molecular complexity index is 336. The minimum atomic E-state index is 0.778. The SMILES string of the molecule is NCCCN1CCc2c(N)cccc2C1. The Morgan fingerprint density at radius 1 is 1.33 bits per heavy atom. The van der Waals surface area contributed by atoms with E-state index in [9.17, 15) is 0 Å². The van der Waals surface area contributed by atoms with Crippen LogP contribution in [0.15, 0.2) is 18.2 Å². The maximum Gasteiger partial charge on any atom is 0.0350 e. The molecule has 0 aliphatic carbocycles. The van der Waals surface area contributed by atoms with E-state index in [0.29, 0.717) is 0 Å². The lowest BCUT2D eigenvalue weighted by atomic mass is 9.98. The summed E-state index contributed by atoms with van der Waals surface area (Å²) in [6, 6.07) is 6.22. The topological polar surface area (TPSA) is 55.3 Å². The average Bonchev–Trinajstić information content (AvgIpc) is 2.26. The summed E-state index contributed by atoms with van der Waals surface area (Å²) in [5, 5.41) is 0. The smallest absolute Gasteiger partial charge is 0.0350 e. The number of anilines is 1. The summed E-state index contributed by atoms with van der Waals surface area (Å²) < 4.78 is 0. The van der Waals surface area contributed by atoms with E-state index in [2.05, 4.69) is 11.0 Å². The summed E-state index contributed by atoms with van der Waals surface area (Å²) >= 11 is 0. The Morgan fingerprint density at radius 2 is 2.20 bits per heavy atom. The number of nitrogens with two attached hydrogens (primary N) is 2. The Labute approximate surface area is 91.1 Å². The number of rotatable bonds is 3. The van der Waals surface area contributed by atoms with Crippen molar-refractivity contribution < 1.29 is 0 Å². The summed E-state index contributed by atoms with van der Waals surface area (Å²) in [5.41, 5.74) is 15.2. The van der Waals surface area contributed by atoms with Crippen LogP contribution in [0.4, 0.5) is 5.69 Å². The first-order valence-corrected chi connectivity index (χ1v) is 5.60. The number of hydrogen-bond acceptors (Lipinski definition) is 3. The molecule has 0 unspecified atom stereocenters. The van der Waals surface area contributed by atoms with E-state index in [0.717, 1.165) is 44.7 Å². The second-order valence-corrected chi connectivity index (χ2v) is 4.15. The summed E-state index contributed by atoms with van der Waals surface area (Å²) in [6.07, 6.45) is 2.16. The first-order chi connectivity index (χ1) is 7.31. The van der Waals surface area contributed by atoms with Gasteiger partial charge in [0.15, 0.2) is 0 Å². The van der Waals surface area contributed by atoms with Crippen molar-refractivity contribution in [1.29, 1.82) is 0 Å². The van der Waals surface area contributed by atoms with E-state index >= 15 is 0 Å². The molecular formula is C12H19N3. The molecule has 0 bridgehead atoms. The van der Waals surface area contributed by atoms with Gasteiger partial charge in [-0.25, -0.2) is 0 Å². The van der Waals surface area contributed by atoms with Crippen molar-refractivity contribution in [3.63, 3.8) is 0 Å². The normalized spacial score (nSPS) is 16.3. The lowest BCUT2D eigenvalue weighted by Gasteiger charge is -2.29. The largest absolute Gasteiger partial charge is 0.398 e. The lowest BCUT2D eigenvalue weighted by Crippen LogP contribution is -2.32. The van der Waals surface area contributed by atoms with Crippen LogP contribution in [-0.2, 0) is 13.0 Å². The molecule has 2 rings (SSSR count). The highest BCUT2D eigenvalue weighted by Crippen LogP contribution is 2.23. The van der Waals surface area contributed by atoms with Crippen LogP contribution in [0.3, 0.4) is 0 Å². The highest BCUT2D eigenvalue weighted by atomic mass is 15.1. The van der Waals surface area contributed by atoms with Gasteiger partial charge in [0.05, 0.1) is 0 Å². The second kappa shape index (κ2) is 4.64. The van der Waals surface area contributed by atoms with Crippen molar-refractivity contribution in [1.82, 2.24) is 4.90 Å². The molecule has 1 aromatic rings. The van der Waals surface area contributed by atoms with Gasteiger partial charge in [-0.3, -0.25) is 4.90 Å². The molecular weight excluding hydrogens is 186 g/mol. The first kappa shape index (κ1) is 10.5. The first-order valence-electron chi connectivity index (χ1n) is 5.60. The van der Waals surface area contributed by atoms with Gasteiger partial charge in [-0.1, -0.05) is 12.1 Å². The highest BCUT2D eigenvalue weighted by molar-refractivity contribution is 5.51. The Morgan fingerprint density at radius 3 is 3.00 bits per heavy atom. The van der Waals surface area contributed by atoms with Gasteiger partial charge in [0.1, 0.15) is 0 Å². The van der Waals surface area contributed by atoms with Crippen LogP contribution in [0.2, 0.25) is 0 Å². The number of nitrogens with zero attached hydrogens (tertiary/aromatic N) is 1. The molecule has 0 saturated heterocycles. The second-order valence-electron chi connectivity index (χ2n) is 4.15. The van der Waals surface area contributed by atoms with Crippen LogP contribution in [-0.4, -0.2) is 24.5 Å². The van der Waals surface area contributed by atoms with Crippen LogP contribution in [0.1, 0.15) is 17.5 Å². The number of nitrogen functional groups attached to an aromatic ring is 1. The van der Waals surface area contributed by atoms with Gasteiger partial charge >= 0.3 is 0 Å². The maximum absolute atomic E-state index is 5.95. The molecule has 82 valence electrons. The molecule has 1 aliphatic rings. The Hall–Kier alpha value is -1.06. The van der Waals surface area contributed by atoms with Gasteiger partial charge in [-0.15, -0.1) is 0 Å². The standard InChI is InChI=1S/C12H19N3/c13-6-2-7-15-8-5-11-10(9-15)3-1-4-12(11)14/h1,3-4H,2,5-9,13-14H2. The zero-order valence-corrected chi connectivity index (χ0v) is 9.08.